The summed E-state index contributed by atoms with van der Waals surface area (Å²) in [6.45, 7) is 5.87. The first-order valence-electron chi connectivity index (χ1n) is 12.2. The zero-order chi connectivity index (χ0) is 26.7. The lowest BCUT2D eigenvalue weighted by Gasteiger charge is -2.30. The van der Waals surface area contributed by atoms with Crippen LogP contribution in [0, 0.1) is 6.92 Å². The Labute approximate surface area is 221 Å². The second-order valence-corrected chi connectivity index (χ2v) is 10.5. The first kappa shape index (κ1) is 26.6. The number of hydrogen-bond donors (Lipinski definition) is 2. The van der Waals surface area contributed by atoms with Crippen molar-refractivity contribution >= 4 is 28.8 Å². The Morgan fingerprint density at radius 2 is 1.84 bits per heavy atom. The maximum absolute atomic E-state index is 13.5. The maximum Gasteiger partial charge on any atom is 0.294 e. The number of likely N-dealkylation sites (N-methyl/N-ethyl adjacent to an activating group) is 1. The number of benzene rings is 2. The fourth-order valence-corrected chi connectivity index (χ4v) is 5.16. The van der Waals surface area contributed by atoms with E-state index < -0.39 is 11.9 Å². The molecule has 8 heteroatoms. The van der Waals surface area contributed by atoms with E-state index in [9.17, 15) is 19.8 Å². The van der Waals surface area contributed by atoms with Crippen molar-refractivity contribution in [3.05, 3.63) is 87.3 Å². The Morgan fingerprint density at radius 1 is 1.14 bits per heavy atom. The van der Waals surface area contributed by atoms with Crippen molar-refractivity contribution in [2.45, 2.75) is 32.9 Å². The number of amides is 2. The lowest BCUT2D eigenvalue weighted by atomic mass is 9.93. The third-order valence-electron chi connectivity index (χ3n) is 6.36. The first-order chi connectivity index (χ1) is 17.7. The molecule has 0 saturated heterocycles. The van der Waals surface area contributed by atoms with Crippen LogP contribution < -0.4 is 4.90 Å². The highest BCUT2D eigenvalue weighted by molar-refractivity contribution is 7.10. The average molecular weight is 521 g/mol. The quantitative estimate of drug-likeness (QED) is 0.409. The molecule has 2 N–H and O–H groups in total. The summed E-state index contributed by atoms with van der Waals surface area (Å²) in [5.41, 5.74) is 4.10. The molecule has 3 aromatic rings. The van der Waals surface area contributed by atoms with Gasteiger partial charge in [0.15, 0.2) is 5.76 Å². The topological polar surface area (TPSA) is 90.3 Å². The molecule has 2 aromatic carbocycles. The van der Waals surface area contributed by atoms with Gasteiger partial charge < -0.3 is 19.8 Å². The molecule has 1 atom stereocenters. The number of anilines is 1. The molecule has 0 radical (unpaired) electrons. The van der Waals surface area contributed by atoms with Gasteiger partial charge in [0.1, 0.15) is 0 Å². The number of carbonyl (C=O) groups excluding carboxylic acids is 2. The smallest absolute Gasteiger partial charge is 0.294 e. The van der Waals surface area contributed by atoms with Crippen LogP contribution in [0.25, 0.3) is 11.1 Å². The number of ether oxygens (including phenoxy) is 1. The van der Waals surface area contributed by atoms with Crippen LogP contribution in [-0.2, 0) is 9.53 Å². The number of aliphatic hydroxyl groups excluding tert-OH is 2. The van der Waals surface area contributed by atoms with Crippen LogP contribution in [0.3, 0.4) is 0 Å². The van der Waals surface area contributed by atoms with E-state index in [4.69, 9.17) is 4.74 Å². The molecule has 194 valence electrons. The van der Waals surface area contributed by atoms with Gasteiger partial charge in [-0.3, -0.25) is 14.5 Å². The van der Waals surface area contributed by atoms with Crippen LogP contribution in [0.5, 0.6) is 0 Å². The number of aliphatic hydroxyl groups is 2. The fraction of sp³-hybridized carbons (Fsp3) is 0.310. The number of carbonyl (C=O) groups is 2. The lowest BCUT2D eigenvalue weighted by Crippen LogP contribution is -2.34. The summed E-state index contributed by atoms with van der Waals surface area (Å²) >= 11 is 1.68. The molecule has 0 saturated carbocycles. The largest absolute Gasteiger partial charge is 0.503 e. The van der Waals surface area contributed by atoms with Crippen molar-refractivity contribution in [2.75, 3.05) is 31.7 Å². The van der Waals surface area contributed by atoms with E-state index >= 15 is 0 Å². The van der Waals surface area contributed by atoms with E-state index in [2.05, 4.69) is 18.4 Å². The van der Waals surface area contributed by atoms with Crippen LogP contribution >= 0.6 is 11.3 Å². The molecular formula is C29H32N2O5S. The van der Waals surface area contributed by atoms with Gasteiger partial charge in [-0.05, 0) is 67.1 Å². The summed E-state index contributed by atoms with van der Waals surface area (Å²) in [4.78, 5) is 30.9. The van der Waals surface area contributed by atoms with Crippen molar-refractivity contribution in [3.63, 3.8) is 0 Å². The minimum Gasteiger partial charge on any atom is -0.503 e. The van der Waals surface area contributed by atoms with Crippen LogP contribution in [-0.4, -0.2) is 59.8 Å². The van der Waals surface area contributed by atoms with Gasteiger partial charge in [0, 0.05) is 35.3 Å². The number of rotatable bonds is 9. The molecule has 0 aliphatic carbocycles. The van der Waals surface area contributed by atoms with E-state index in [1.807, 2.05) is 38.1 Å². The highest BCUT2D eigenvalue weighted by Gasteiger charge is 2.43. The molecule has 0 bridgehead atoms. The molecule has 1 aliphatic rings. The first-order valence-corrected chi connectivity index (χ1v) is 13.1. The predicted octanol–water partition coefficient (Wildman–Crippen LogP) is 5.11. The Morgan fingerprint density at radius 3 is 2.46 bits per heavy atom. The van der Waals surface area contributed by atoms with Crippen LogP contribution in [0.15, 0.2) is 71.3 Å². The van der Waals surface area contributed by atoms with Crippen molar-refractivity contribution in [3.8, 4) is 11.1 Å². The molecule has 1 unspecified atom stereocenters. The number of hydrogen-bond acceptors (Lipinski definition) is 6. The van der Waals surface area contributed by atoms with Crippen LogP contribution in [0.4, 0.5) is 5.69 Å². The highest BCUT2D eigenvalue weighted by Crippen LogP contribution is 2.42. The molecule has 7 nitrogen and oxygen atoms in total. The Balaban J connectivity index is 1.80. The van der Waals surface area contributed by atoms with Crippen LogP contribution in [0.2, 0.25) is 0 Å². The van der Waals surface area contributed by atoms with E-state index in [-0.39, 0.29) is 37.5 Å². The second-order valence-electron chi connectivity index (χ2n) is 9.34. The third kappa shape index (κ3) is 5.46. The maximum atomic E-state index is 13.5. The standard InChI is InChI=1S/C29H32N2O5S/c1-18(2)36-16-25-26(23-7-5-6-8-24(23)28(34)30(4)13-14-32)31(29(35)27(25)33)22-11-9-20(10-12-22)21-15-19(3)37-17-21/h5-12,15,17-18,26,32-33H,13-14,16H2,1-4H3. The van der Waals surface area contributed by atoms with E-state index in [1.165, 1.54) is 14.7 Å². The molecule has 1 aliphatic heterocycles. The molecule has 1 aromatic heterocycles. The minimum absolute atomic E-state index is 0.0394. The zero-order valence-corrected chi connectivity index (χ0v) is 22.3. The molecule has 4 rings (SSSR count). The number of thiophene rings is 1. The summed E-state index contributed by atoms with van der Waals surface area (Å²) < 4.78 is 5.82. The summed E-state index contributed by atoms with van der Waals surface area (Å²) in [5.74, 6) is -1.19. The van der Waals surface area contributed by atoms with Crippen molar-refractivity contribution < 1.29 is 24.5 Å². The molecule has 2 heterocycles. The SMILES string of the molecule is Cc1cc(-c2ccc(N3C(=O)C(O)=C(COC(C)C)C3c3ccccc3C(=O)N(C)CCO)cc2)cs1. The number of aryl methyl sites for hydroxylation is 1. The van der Waals surface area contributed by atoms with Gasteiger partial charge in [-0.15, -0.1) is 11.3 Å². The number of nitrogens with zero attached hydrogens (tertiary/aromatic N) is 2. The highest BCUT2D eigenvalue weighted by atomic mass is 32.1. The summed E-state index contributed by atoms with van der Waals surface area (Å²) in [6.07, 6.45) is -0.119. The van der Waals surface area contributed by atoms with E-state index in [0.29, 0.717) is 22.4 Å². The molecule has 0 fully saturated rings. The lowest BCUT2D eigenvalue weighted by molar-refractivity contribution is -0.117. The molecule has 2 amide bonds. The Bertz CT molecular complexity index is 1310. The normalized spacial score (nSPS) is 15.7. The third-order valence-corrected chi connectivity index (χ3v) is 7.22. The van der Waals surface area contributed by atoms with Gasteiger partial charge in [-0.25, -0.2) is 0 Å². The van der Waals surface area contributed by atoms with Gasteiger partial charge >= 0.3 is 0 Å². The van der Waals surface area contributed by atoms with E-state index in [0.717, 1.165) is 11.1 Å². The predicted molar refractivity (Wildman–Crippen MR) is 146 cm³/mol. The van der Waals surface area contributed by atoms with Crippen molar-refractivity contribution in [1.29, 1.82) is 0 Å². The van der Waals surface area contributed by atoms with Crippen molar-refractivity contribution in [2.24, 2.45) is 0 Å². The zero-order valence-electron chi connectivity index (χ0n) is 21.5. The van der Waals surface area contributed by atoms with Gasteiger partial charge in [-0.2, -0.15) is 0 Å². The Kier molecular flexibility index (Phi) is 8.12. The Hall–Kier alpha value is -3.46. The van der Waals surface area contributed by atoms with Gasteiger partial charge in [0.05, 0.1) is 25.4 Å². The fourth-order valence-electron chi connectivity index (χ4n) is 4.45. The summed E-state index contributed by atoms with van der Waals surface area (Å²) in [6, 6.07) is 16.1. The minimum atomic E-state index is -0.733. The molecular weight excluding hydrogens is 488 g/mol. The van der Waals surface area contributed by atoms with E-state index in [1.54, 1.807) is 42.6 Å². The average Bonchev–Trinajstić information content (AvgIpc) is 3.43. The summed E-state index contributed by atoms with van der Waals surface area (Å²) in [7, 11) is 1.62. The van der Waals surface area contributed by atoms with Gasteiger partial charge in [0.25, 0.3) is 11.8 Å². The van der Waals surface area contributed by atoms with Crippen LogP contribution in [0.1, 0.15) is 40.7 Å². The van der Waals surface area contributed by atoms with Gasteiger partial charge in [-0.1, -0.05) is 30.3 Å². The molecule has 37 heavy (non-hydrogen) atoms. The van der Waals surface area contributed by atoms with Crippen molar-refractivity contribution in [1.82, 2.24) is 4.90 Å². The van der Waals surface area contributed by atoms with Gasteiger partial charge in [0.2, 0.25) is 0 Å². The molecule has 0 spiro atoms. The second kappa shape index (κ2) is 11.3. The summed E-state index contributed by atoms with van der Waals surface area (Å²) in [5, 5.41) is 22.4. The monoisotopic (exact) mass is 520 g/mol.